The largest absolute Gasteiger partial charge is 0.373 e. The molecule has 2 fully saturated rings. The molecule has 0 N–H and O–H groups in total. The molecule has 0 aromatic carbocycles. The average molecular weight is 337 g/mol. The predicted molar refractivity (Wildman–Crippen MR) is 98.3 cm³/mol. The second-order valence-corrected chi connectivity index (χ2v) is 8.28. The van der Waals surface area contributed by atoms with E-state index in [0.717, 1.165) is 19.0 Å². The summed E-state index contributed by atoms with van der Waals surface area (Å²) in [6.45, 7) is 11.8. The molecule has 2 aliphatic heterocycles. The summed E-state index contributed by atoms with van der Waals surface area (Å²) in [4.78, 5) is 5.31. The zero-order valence-electron chi connectivity index (χ0n) is 14.7. The molecular formula is C19H32N2OS. The lowest BCUT2D eigenvalue weighted by atomic mass is 9.95. The Hall–Kier alpha value is -0.420. The Balaban J connectivity index is 1.32. The van der Waals surface area contributed by atoms with Crippen molar-refractivity contribution < 1.29 is 4.74 Å². The van der Waals surface area contributed by atoms with Gasteiger partial charge in [0.05, 0.1) is 12.2 Å². The van der Waals surface area contributed by atoms with Gasteiger partial charge in [0.15, 0.2) is 0 Å². The second-order valence-electron chi connectivity index (χ2n) is 7.50. The van der Waals surface area contributed by atoms with Crippen molar-refractivity contribution in [1.82, 2.24) is 9.80 Å². The Morgan fingerprint density at radius 2 is 1.87 bits per heavy atom. The summed E-state index contributed by atoms with van der Waals surface area (Å²) < 4.78 is 5.85. The Morgan fingerprint density at radius 1 is 1.13 bits per heavy atom. The summed E-state index contributed by atoms with van der Waals surface area (Å²) >= 11 is 1.82. The first kappa shape index (κ1) is 17.4. The van der Waals surface area contributed by atoms with Gasteiger partial charge < -0.3 is 9.64 Å². The minimum absolute atomic E-state index is 0.399. The van der Waals surface area contributed by atoms with E-state index < -0.39 is 0 Å². The molecule has 0 spiro atoms. The van der Waals surface area contributed by atoms with Crippen molar-refractivity contribution in [3.63, 3.8) is 0 Å². The molecule has 4 heteroatoms. The van der Waals surface area contributed by atoms with Crippen LogP contribution in [0.2, 0.25) is 0 Å². The van der Waals surface area contributed by atoms with Gasteiger partial charge in [-0.25, -0.2) is 0 Å². The fraction of sp³-hybridized carbons (Fsp3) is 0.789. The maximum absolute atomic E-state index is 5.85. The Bertz CT molecular complexity index is 432. The van der Waals surface area contributed by atoms with Crippen molar-refractivity contribution >= 4 is 11.3 Å². The minimum atomic E-state index is 0.399. The molecule has 3 rings (SSSR count). The molecule has 0 amide bonds. The first-order valence-corrected chi connectivity index (χ1v) is 10.2. The number of likely N-dealkylation sites (tertiary alicyclic amines) is 1. The summed E-state index contributed by atoms with van der Waals surface area (Å²) in [6, 6.07) is 2.27. The Morgan fingerprint density at radius 3 is 2.52 bits per heavy atom. The lowest BCUT2D eigenvalue weighted by Crippen LogP contribution is -2.48. The van der Waals surface area contributed by atoms with Gasteiger partial charge in [0.1, 0.15) is 0 Å². The summed E-state index contributed by atoms with van der Waals surface area (Å²) in [5, 5.41) is 4.48. The minimum Gasteiger partial charge on any atom is -0.373 e. The van der Waals surface area contributed by atoms with E-state index in [4.69, 9.17) is 4.74 Å². The normalized spacial score (nSPS) is 28.3. The van der Waals surface area contributed by atoms with Crippen molar-refractivity contribution in [3.8, 4) is 0 Å². The van der Waals surface area contributed by atoms with Crippen LogP contribution in [0.25, 0.3) is 0 Å². The summed E-state index contributed by atoms with van der Waals surface area (Å²) in [7, 11) is 0. The van der Waals surface area contributed by atoms with Crippen LogP contribution in [0.5, 0.6) is 0 Å². The molecule has 23 heavy (non-hydrogen) atoms. The Labute approximate surface area is 145 Å². The number of morpholine rings is 1. The lowest BCUT2D eigenvalue weighted by molar-refractivity contribution is -0.0731. The number of hydrogen-bond donors (Lipinski definition) is 0. The molecular weight excluding hydrogens is 304 g/mol. The van der Waals surface area contributed by atoms with Crippen LogP contribution in [-0.4, -0.2) is 61.3 Å². The highest BCUT2D eigenvalue weighted by Crippen LogP contribution is 2.21. The molecule has 0 aliphatic carbocycles. The average Bonchev–Trinajstić information content (AvgIpc) is 3.01. The van der Waals surface area contributed by atoms with E-state index >= 15 is 0 Å². The van der Waals surface area contributed by atoms with E-state index in [0.29, 0.717) is 12.2 Å². The van der Waals surface area contributed by atoms with Gasteiger partial charge in [0.2, 0.25) is 0 Å². The topological polar surface area (TPSA) is 15.7 Å². The molecule has 3 nitrogen and oxygen atoms in total. The van der Waals surface area contributed by atoms with E-state index in [2.05, 4.69) is 40.5 Å². The van der Waals surface area contributed by atoms with Gasteiger partial charge in [0.25, 0.3) is 0 Å². The standard InChI is InChI=1S/C19H32N2OS/c1-16-12-21(13-17(2)22-16)14-18-5-9-20(10-6-18)8-3-4-19-7-11-23-15-19/h7,11,15-18H,3-6,8-10,12-14H2,1-2H3/t16-,17+. The zero-order chi connectivity index (χ0) is 16.1. The molecule has 1 aromatic heterocycles. The maximum Gasteiger partial charge on any atom is 0.0678 e. The Kier molecular flexibility index (Phi) is 6.52. The maximum atomic E-state index is 5.85. The first-order chi connectivity index (χ1) is 11.2. The van der Waals surface area contributed by atoms with Crippen LogP contribution >= 0.6 is 11.3 Å². The van der Waals surface area contributed by atoms with Crippen molar-refractivity contribution in [1.29, 1.82) is 0 Å². The number of aryl methyl sites for hydroxylation is 1. The van der Waals surface area contributed by atoms with Crippen LogP contribution in [0.4, 0.5) is 0 Å². The lowest BCUT2D eigenvalue weighted by Gasteiger charge is -2.39. The molecule has 3 heterocycles. The number of piperidine rings is 1. The molecule has 2 saturated heterocycles. The SMILES string of the molecule is C[C@@H]1CN(CC2CCN(CCCc3ccsc3)CC2)C[C@H](C)O1. The van der Waals surface area contributed by atoms with Crippen LogP contribution < -0.4 is 0 Å². The van der Waals surface area contributed by atoms with Gasteiger partial charge in [-0.1, -0.05) is 0 Å². The van der Waals surface area contributed by atoms with E-state index in [-0.39, 0.29) is 0 Å². The van der Waals surface area contributed by atoms with Gasteiger partial charge in [-0.15, -0.1) is 0 Å². The predicted octanol–water partition coefficient (Wildman–Crippen LogP) is 3.50. The molecule has 2 atom stereocenters. The van der Waals surface area contributed by atoms with Crippen LogP contribution in [0.15, 0.2) is 16.8 Å². The number of nitrogens with zero attached hydrogens (tertiary/aromatic N) is 2. The van der Waals surface area contributed by atoms with E-state index in [1.165, 1.54) is 57.4 Å². The molecule has 130 valence electrons. The number of ether oxygens (including phenoxy) is 1. The highest BCUT2D eigenvalue weighted by atomic mass is 32.1. The third-order valence-electron chi connectivity index (χ3n) is 5.24. The van der Waals surface area contributed by atoms with Gasteiger partial charge in [0, 0.05) is 19.6 Å². The highest BCUT2D eigenvalue weighted by Gasteiger charge is 2.26. The fourth-order valence-corrected chi connectivity index (χ4v) is 4.84. The number of thiophene rings is 1. The molecule has 0 saturated carbocycles. The molecule has 0 radical (unpaired) electrons. The second kappa shape index (κ2) is 8.61. The van der Waals surface area contributed by atoms with E-state index in [1.807, 2.05) is 11.3 Å². The van der Waals surface area contributed by atoms with Gasteiger partial charge in [-0.2, -0.15) is 11.3 Å². The van der Waals surface area contributed by atoms with Crippen LogP contribution in [-0.2, 0) is 11.2 Å². The van der Waals surface area contributed by atoms with E-state index in [1.54, 1.807) is 0 Å². The van der Waals surface area contributed by atoms with Crippen LogP contribution in [0, 0.1) is 5.92 Å². The molecule has 0 unspecified atom stereocenters. The first-order valence-electron chi connectivity index (χ1n) is 9.30. The van der Waals surface area contributed by atoms with Crippen molar-refractivity contribution in [2.45, 2.75) is 51.7 Å². The summed E-state index contributed by atoms with van der Waals surface area (Å²) in [6.07, 6.45) is 6.09. The molecule has 0 bridgehead atoms. The van der Waals surface area contributed by atoms with Gasteiger partial charge >= 0.3 is 0 Å². The highest BCUT2D eigenvalue weighted by molar-refractivity contribution is 7.07. The third-order valence-corrected chi connectivity index (χ3v) is 5.97. The number of hydrogen-bond acceptors (Lipinski definition) is 4. The summed E-state index contributed by atoms with van der Waals surface area (Å²) in [5.41, 5.74) is 1.51. The quantitative estimate of drug-likeness (QED) is 0.791. The monoisotopic (exact) mass is 336 g/mol. The van der Waals surface area contributed by atoms with E-state index in [9.17, 15) is 0 Å². The molecule has 2 aliphatic rings. The van der Waals surface area contributed by atoms with Gasteiger partial charge in [-0.3, -0.25) is 4.90 Å². The molecule has 1 aromatic rings. The number of rotatable bonds is 6. The van der Waals surface area contributed by atoms with Crippen LogP contribution in [0.1, 0.15) is 38.7 Å². The summed E-state index contributed by atoms with van der Waals surface area (Å²) in [5.74, 6) is 0.889. The van der Waals surface area contributed by atoms with Crippen molar-refractivity contribution in [2.75, 3.05) is 39.3 Å². The van der Waals surface area contributed by atoms with Crippen molar-refractivity contribution in [3.05, 3.63) is 22.4 Å². The van der Waals surface area contributed by atoms with Crippen molar-refractivity contribution in [2.24, 2.45) is 5.92 Å². The zero-order valence-corrected chi connectivity index (χ0v) is 15.6. The third kappa shape index (κ3) is 5.56. The van der Waals surface area contributed by atoms with Crippen LogP contribution in [0.3, 0.4) is 0 Å². The fourth-order valence-electron chi connectivity index (χ4n) is 4.13. The van der Waals surface area contributed by atoms with Gasteiger partial charge in [-0.05, 0) is 87.5 Å². The smallest absolute Gasteiger partial charge is 0.0678 e.